The van der Waals surface area contributed by atoms with Gasteiger partial charge in [-0.3, -0.25) is 15.0 Å². The van der Waals surface area contributed by atoms with E-state index in [0.29, 0.717) is 28.5 Å². The monoisotopic (exact) mass is 435 g/mol. The second-order valence-electron chi connectivity index (χ2n) is 7.51. The number of para-hydroxylation sites is 2. The van der Waals surface area contributed by atoms with Crippen LogP contribution in [-0.4, -0.2) is 59.8 Å². The highest BCUT2D eigenvalue weighted by atomic mass is 16.5. The number of H-pyrrole nitrogens is 1. The van der Waals surface area contributed by atoms with Crippen molar-refractivity contribution in [1.29, 1.82) is 5.41 Å². The van der Waals surface area contributed by atoms with E-state index in [1.807, 2.05) is 24.3 Å². The summed E-state index contributed by atoms with van der Waals surface area (Å²) < 4.78 is 10.8. The van der Waals surface area contributed by atoms with Gasteiger partial charge in [-0.2, -0.15) is 0 Å². The Labute approximate surface area is 185 Å². The van der Waals surface area contributed by atoms with Gasteiger partial charge in [-0.15, -0.1) is 0 Å². The van der Waals surface area contributed by atoms with E-state index in [0.717, 1.165) is 5.52 Å². The van der Waals surface area contributed by atoms with E-state index in [9.17, 15) is 9.59 Å². The summed E-state index contributed by atoms with van der Waals surface area (Å²) in [5.74, 6) is 0.0918. The van der Waals surface area contributed by atoms with Crippen LogP contribution >= 0.6 is 0 Å². The summed E-state index contributed by atoms with van der Waals surface area (Å²) in [7, 11) is 3.08. The number of rotatable bonds is 5. The summed E-state index contributed by atoms with van der Waals surface area (Å²) >= 11 is 0. The summed E-state index contributed by atoms with van der Waals surface area (Å²) in [5.41, 5.74) is 2.07. The van der Waals surface area contributed by atoms with E-state index in [1.54, 1.807) is 44.2 Å². The van der Waals surface area contributed by atoms with Crippen LogP contribution in [-0.2, 0) is 9.59 Å². The molecule has 0 bridgehead atoms. The second-order valence-corrected chi connectivity index (χ2v) is 7.51. The molecule has 9 heteroatoms. The van der Waals surface area contributed by atoms with Crippen LogP contribution in [0.15, 0.2) is 42.5 Å². The predicted octanol–water partition coefficient (Wildman–Crippen LogP) is 2.93. The zero-order valence-corrected chi connectivity index (χ0v) is 18.2. The lowest BCUT2D eigenvalue weighted by atomic mass is 10.0. The Kier molecular flexibility index (Phi) is 5.81. The van der Waals surface area contributed by atoms with E-state index in [4.69, 9.17) is 14.9 Å². The molecule has 2 aromatic carbocycles. The van der Waals surface area contributed by atoms with Gasteiger partial charge in [-0.1, -0.05) is 19.1 Å². The van der Waals surface area contributed by atoms with Crippen LogP contribution < -0.4 is 14.4 Å². The van der Waals surface area contributed by atoms with Crippen molar-refractivity contribution in [1.82, 2.24) is 14.9 Å². The zero-order chi connectivity index (χ0) is 22.8. The number of benzene rings is 2. The Bertz CT molecular complexity index is 1130. The van der Waals surface area contributed by atoms with Crippen LogP contribution in [0.4, 0.5) is 5.69 Å². The molecule has 2 heterocycles. The number of hydrogen-bond acceptors (Lipinski definition) is 6. The molecule has 4 rings (SSSR count). The Morgan fingerprint density at radius 2 is 1.88 bits per heavy atom. The number of anilines is 1. The third-order valence-electron chi connectivity index (χ3n) is 5.53. The van der Waals surface area contributed by atoms with Gasteiger partial charge in [0.15, 0.2) is 5.78 Å². The summed E-state index contributed by atoms with van der Waals surface area (Å²) in [4.78, 5) is 36.7. The van der Waals surface area contributed by atoms with E-state index < -0.39 is 5.92 Å². The third kappa shape index (κ3) is 3.89. The zero-order valence-electron chi connectivity index (χ0n) is 18.2. The molecule has 32 heavy (non-hydrogen) atoms. The fourth-order valence-electron chi connectivity index (χ4n) is 3.84. The van der Waals surface area contributed by atoms with Gasteiger partial charge in [0, 0.05) is 24.6 Å². The first-order chi connectivity index (χ1) is 15.4. The lowest BCUT2D eigenvalue weighted by Gasteiger charge is -2.29. The molecule has 3 aromatic rings. The molecule has 1 aromatic heterocycles. The number of nitrogens with one attached hydrogen (secondary N) is 2. The molecule has 0 spiro atoms. The molecule has 0 aliphatic carbocycles. The van der Waals surface area contributed by atoms with Gasteiger partial charge in [0.25, 0.3) is 0 Å². The number of ketones is 1. The van der Waals surface area contributed by atoms with Crippen molar-refractivity contribution in [3.05, 3.63) is 48.3 Å². The number of fused-ring (bicyclic) bond motifs is 1. The van der Waals surface area contributed by atoms with Crippen LogP contribution in [0.1, 0.15) is 25.1 Å². The number of methoxy groups -OCH3 is 2. The van der Waals surface area contributed by atoms with Gasteiger partial charge < -0.3 is 24.3 Å². The van der Waals surface area contributed by atoms with E-state index in [1.165, 1.54) is 4.90 Å². The number of Topliss-reactive ketones (excluding diaryl/α,β-unsaturated/α-hetero) is 1. The third-order valence-corrected chi connectivity index (χ3v) is 5.53. The van der Waals surface area contributed by atoms with Crippen molar-refractivity contribution in [3.8, 4) is 11.5 Å². The number of carbonyl (C=O) groups excluding carboxylic acids is 2. The number of ether oxygens (including phenoxy) is 2. The molecule has 1 saturated heterocycles. The Morgan fingerprint density at radius 1 is 1.19 bits per heavy atom. The van der Waals surface area contributed by atoms with Gasteiger partial charge in [0.2, 0.25) is 5.91 Å². The van der Waals surface area contributed by atoms with Gasteiger partial charge in [-0.25, -0.2) is 4.98 Å². The van der Waals surface area contributed by atoms with E-state index >= 15 is 0 Å². The number of imidazole rings is 1. The molecule has 0 radical (unpaired) electrons. The summed E-state index contributed by atoms with van der Waals surface area (Å²) in [6.45, 7) is 1.71. The minimum atomic E-state index is -0.950. The molecule has 9 nitrogen and oxygen atoms in total. The molecule has 1 aliphatic rings. The second kappa shape index (κ2) is 8.70. The molecular weight excluding hydrogens is 410 g/mol. The first-order valence-electron chi connectivity index (χ1n) is 10.3. The maximum Gasteiger partial charge on any atom is 0.224 e. The number of hydrogen-bond donors (Lipinski definition) is 2. The van der Waals surface area contributed by atoms with Crippen molar-refractivity contribution in [2.45, 2.75) is 19.3 Å². The SMILES string of the molecule is CCC(=O)N1CC(=O)C(c2nc3ccccc3[nH]2)C(=N)N(c2cc(OC)cc(OC)c2)C1. The van der Waals surface area contributed by atoms with Gasteiger partial charge >= 0.3 is 0 Å². The smallest absolute Gasteiger partial charge is 0.224 e. The standard InChI is InChI=1S/C23H25N5O4/c1-4-20(30)27-12-19(29)21(23-25-17-7-5-6-8-18(17)26-23)22(24)28(13-27)14-9-15(31-2)11-16(10-14)32-3/h5-11,21,24H,4,12-13H2,1-3H3,(H,25,26). The minimum absolute atomic E-state index is 0.0239. The van der Waals surface area contributed by atoms with Crippen LogP contribution in [0.3, 0.4) is 0 Å². The van der Waals surface area contributed by atoms with E-state index in [2.05, 4.69) is 9.97 Å². The van der Waals surface area contributed by atoms with Gasteiger partial charge in [-0.05, 0) is 12.1 Å². The largest absolute Gasteiger partial charge is 0.497 e. The topological polar surface area (TPSA) is 112 Å². The van der Waals surface area contributed by atoms with E-state index in [-0.39, 0.29) is 37.2 Å². The fourth-order valence-corrected chi connectivity index (χ4v) is 3.84. The van der Waals surface area contributed by atoms with Crippen molar-refractivity contribution >= 4 is 34.2 Å². The molecule has 1 atom stereocenters. The highest BCUT2D eigenvalue weighted by molar-refractivity contribution is 6.16. The summed E-state index contributed by atoms with van der Waals surface area (Å²) in [6.07, 6.45) is 0.255. The minimum Gasteiger partial charge on any atom is -0.497 e. The van der Waals surface area contributed by atoms with Gasteiger partial charge in [0.05, 0.1) is 44.2 Å². The summed E-state index contributed by atoms with van der Waals surface area (Å²) in [5, 5.41) is 8.99. The molecule has 1 amide bonds. The summed E-state index contributed by atoms with van der Waals surface area (Å²) in [6, 6.07) is 12.7. The predicted molar refractivity (Wildman–Crippen MR) is 120 cm³/mol. The highest BCUT2D eigenvalue weighted by Gasteiger charge is 2.38. The molecular formula is C23H25N5O4. The lowest BCUT2D eigenvalue weighted by molar-refractivity contribution is -0.134. The number of aromatic amines is 1. The average Bonchev–Trinajstić information content (AvgIpc) is 3.18. The lowest BCUT2D eigenvalue weighted by Crippen LogP contribution is -2.42. The fraction of sp³-hybridized carbons (Fsp3) is 0.304. The Balaban J connectivity index is 1.83. The average molecular weight is 435 g/mol. The van der Waals surface area contributed by atoms with Crippen LogP contribution in [0.5, 0.6) is 11.5 Å². The van der Waals surface area contributed by atoms with Crippen molar-refractivity contribution < 1.29 is 19.1 Å². The van der Waals surface area contributed by atoms with Crippen molar-refractivity contribution in [2.75, 3.05) is 32.3 Å². The van der Waals surface area contributed by atoms with Crippen LogP contribution in [0.2, 0.25) is 0 Å². The molecule has 1 aliphatic heterocycles. The first kappa shape index (κ1) is 21.4. The van der Waals surface area contributed by atoms with Crippen LogP contribution in [0, 0.1) is 5.41 Å². The molecule has 1 fully saturated rings. The number of carbonyl (C=O) groups is 2. The normalized spacial score (nSPS) is 16.9. The number of aromatic nitrogens is 2. The number of amidine groups is 1. The molecule has 1 unspecified atom stereocenters. The Hall–Kier alpha value is -3.88. The first-order valence-corrected chi connectivity index (χ1v) is 10.3. The van der Waals surface area contributed by atoms with Crippen molar-refractivity contribution in [3.63, 3.8) is 0 Å². The Morgan fingerprint density at radius 3 is 2.50 bits per heavy atom. The quantitative estimate of drug-likeness (QED) is 0.637. The number of amides is 1. The molecule has 2 N–H and O–H groups in total. The van der Waals surface area contributed by atoms with Crippen molar-refractivity contribution in [2.24, 2.45) is 0 Å². The van der Waals surface area contributed by atoms with Gasteiger partial charge in [0.1, 0.15) is 29.1 Å². The molecule has 166 valence electrons. The maximum absolute atomic E-state index is 13.3. The maximum atomic E-state index is 13.3. The molecule has 0 saturated carbocycles. The number of nitrogens with zero attached hydrogens (tertiary/aromatic N) is 3. The van der Waals surface area contributed by atoms with Crippen LogP contribution in [0.25, 0.3) is 11.0 Å². The highest BCUT2D eigenvalue weighted by Crippen LogP contribution is 2.33.